The molecular formula is C15H28N4O. The molecule has 0 radical (unpaired) electrons. The first-order valence-electron chi connectivity index (χ1n) is 7.41. The number of aryl methyl sites for hydroxylation is 1. The number of hydrazine groups is 1. The quantitative estimate of drug-likeness (QED) is 0.637. The van der Waals surface area contributed by atoms with Crippen molar-refractivity contribution in [2.75, 3.05) is 7.11 Å². The van der Waals surface area contributed by atoms with E-state index in [-0.39, 0.29) is 11.6 Å². The van der Waals surface area contributed by atoms with Crippen LogP contribution in [0, 0.1) is 5.41 Å². The number of ether oxygens (including phenoxy) is 1. The molecule has 1 aromatic heterocycles. The third-order valence-electron chi connectivity index (χ3n) is 4.87. The largest absolute Gasteiger partial charge is 0.377 e. The van der Waals surface area contributed by atoms with Crippen molar-refractivity contribution in [3.05, 3.63) is 18.0 Å². The SMILES string of the molecule is COC1(C(Cc2ccn(C)n2)NN)CCC(C)(C)CC1. The summed E-state index contributed by atoms with van der Waals surface area (Å²) < 4.78 is 7.75. The molecule has 5 heteroatoms. The van der Waals surface area contributed by atoms with Crippen LogP contribution >= 0.6 is 0 Å². The van der Waals surface area contributed by atoms with E-state index in [9.17, 15) is 0 Å². The highest BCUT2D eigenvalue weighted by Crippen LogP contribution is 2.43. The molecule has 1 aliphatic rings. The Balaban J connectivity index is 2.11. The normalized spacial score (nSPS) is 22.6. The molecule has 0 saturated heterocycles. The van der Waals surface area contributed by atoms with E-state index in [1.165, 1.54) is 12.8 Å². The third-order valence-corrected chi connectivity index (χ3v) is 4.87. The number of nitrogens with one attached hydrogen (secondary N) is 1. The zero-order chi connectivity index (χ0) is 14.8. The summed E-state index contributed by atoms with van der Waals surface area (Å²) >= 11 is 0. The third kappa shape index (κ3) is 3.22. The Morgan fingerprint density at radius 2 is 2.05 bits per heavy atom. The first-order valence-corrected chi connectivity index (χ1v) is 7.41. The minimum atomic E-state index is -0.179. The molecule has 1 aliphatic carbocycles. The number of hydrogen-bond acceptors (Lipinski definition) is 4. The van der Waals surface area contributed by atoms with Gasteiger partial charge in [0.1, 0.15) is 0 Å². The molecule has 0 amide bonds. The Morgan fingerprint density at radius 3 is 2.50 bits per heavy atom. The molecule has 5 nitrogen and oxygen atoms in total. The molecule has 0 aliphatic heterocycles. The average Bonchev–Trinajstić information content (AvgIpc) is 2.83. The fourth-order valence-corrected chi connectivity index (χ4v) is 3.22. The van der Waals surface area contributed by atoms with E-state index in [0.717, 1.165) is 25.0 Å². The van der Waals surface area contributed by atoms with Crippen LogP contribution in [0.25, 0.3) is 0 Å². The van der Waals surface area contributed by atoms with E-state index in [1.54, 1.807) is 7.11 Å². The second-order valence-electron chi connectivity index (χ2n) is 6.84. The molecule has 114 valence electrons. The molecule has 1 fully saturated rings. The first-order chi connectivity index (χ1) is 9.41. The lowest BCUT2D eigenvalue weighted by atomic mass is 9.68. The molecular weight excluding hydrogens is 252 g/mol. The van der Waals surface area contributed by atoms with Crippen LogP contribution in [0.4, 0.5) is 0 Å². The second kappa shape index (κ2) is 5.84. The number of nitrogens with two attached hydrogens (primary N) is 1. The molecule has 1 saturated carbocycles. The minimum Gasteiger partial charge on any atom is -0.377 e. The molecule has 3 N–H and O–H groups in total. The van der Waals surface area contributed by atoms with E-state index < -0.39 is 0 Å². The van der Waals surface area contributed by atoms with Crippen molar-refractivity contribution in [3.8, 4) is 0 Å². The van der Waals surface area contributed by atoms with Crippen LogP contribution in [0.2, 0.25) is 0 Å². The van der Waals surface area contributed by atoms with E-state index in [0.29, 0.717) is 5.41 Å². The van der Waals surface area contributed by atoms with Gasteiger partial charge in [0, 0.05) is 26.8 Å². The standard InChI is InChI=1S/C15H28N4O/c1-14(2)6-8-15(20-4,9-7-14)13(17-16)11-12-5-10-19(3)18-12/h5,10,13,17H,6-9,11,16H2,1-4H3. The van der Waals surface area contributed by atoms with Gasteiger partial charge >= 0.3 is 0 Å². The van der Waals surface area contributed by atoms with Gasteiger partial charge in [-0.3, -0.25) is 16.0 Å². The molecule has 1 atom stereocenters. The topological polar surface area (TPSA) is 65.1 Å². The van der Waals surface area contributed by atoms with Gasteiger partial charge in [0.15, 0.2) is 0 Å². The maximum atomic E-state index is 5.93. The highest BCUT2D eigenvalue weighted by atomic mass is 16.5. The summed E-state index contributed by atoms with van der Waals surface area (Å²) in [6, 6.07) is 2.14. The zero-order valence-electron chi connectivity index (χ0n) is 13.1. The van der Waals surface area contributed by atoms with Crippen LogP contribution in [-0.2, 0) is 18.2 Å². The molecule has 1 unspecified atom stereocenters. The number of methoxy groups -OCH3 is 1. The average molecular weight is 280 g/mol. The monoisotopic (exact) mass is 280 g/mol. The van der Waals surface area contributed by atoms with E-state index in [2.05, 4.69) is 24.4 Å². The molecule has 1 aromatic rings. The lowest BCUT2D eigenvalue weighted by Crippen LogP contribution is -2.57. The van der Waals surface area contributed by atoms with Gasteiger partial charge in [-0.25, -0.2) is 0 Å². The van der Waals surface area contributed by atoms with Crippen molar-refractivity contribution in [1.29, 1.82) is 0 Å². The highest BCUT2D eigenvalue weighted by molar-refractivity contribution is 5.07. The molecule has 20 heavy (non-hydrogen) atoms. The summed E-state index contributed by atoms with van der Waals surface area (Å²) in [5, 5.41) is 4.45. The van der Waals surface area contributed by atoms with Crippen molar-refractivity contribution in [3.63, 3.8) is 0 Å². The van der Waals surface area contributed by atoms with Crippen LogP contribution < -0.4 is 11.3 Å². The fourth-order valence-electron chi connectivity index (χ4n) is 3.22. The van der Waals surface area contributed by atoms with Crippen molar-refractivity contribution in [2.24, 2.45) is 18.3 Å². The molecule has 0 spiro atoms. The van der Waals surface area contributed by atoms with E-state index >= 15 is 0 Å². The number of rotatable bonds is 5. The second-order valence-corrected chi connectivity index (χ2v) is 6.84. The maximum Gasteiger partial charge on any atom is 0.0848 e. The van der Waals surface area contributed by atoms with Crippen LogP contribution in [0.15, 0.2) is 12.3 Å². The van der Waals surface area contributed by atoms with E-state index in [4.69, 9.17) is 10.6 Å². The predicted molar refractivity (Wildman–Crippen MR) is 80.0 cm³/mol. The summed E-state index contributed by atoms with van der Waals surface area (Å²) in [5.74, 6) is 5.82. The van der Waals surface area contributed by atoms with Gasteiger partial charge in [-0.2, -0.15) is 5.10 Å². The number of nitrogens with zero attached hydrogens (tertiary/aromatic N) is 2. The highest BCUT2D eigenvalue weighted by Gasteiger charge is 2.44. The first kappa shape index (κ1) is 15.5. The Hall–Kier alpha value is -0.910. The summed E-state index contributed by atoms with van der Waals surface area (Å²) in [7, 11) is 3.74. The maximum absolute atomic E-state index is 5.93. The lowest BCUT2D eigenvalue weighted by molar-refractivity contribution is -0.0864. The van der Waals surface area contributed by atoms with Crippen molar-refractivity contribution in [2.45, 2.75) is 57.6 Å². The number of aromatic nitrogens is 2. The van der Waals surface area contributed by atoms with Crippen molar-refractivity contribution >= 4 is 0 Å². The van der Waals surface area contributed by atoms with Crippen LogP contribution in [-0.4, -0.2) is 28.5 Å². The van der Waals surface area contributed by atoms with Gasteiger partial charge < -0.3 is 4.74 Å². The van der Waals surface area contributed by atoms with Gasteiger partial charge in [0.05, 0.1) is 17.3 Å². The fraction of sp³-hybridized carbons (Fsp3) is 0.800. The summed E-state index contributed by atoms with van der Waals surface area (Å²) in [4.78, 5) is 0. The summed E-state index contributed by atoms with van der Waals surface area (Å²) in [6.07, 6.45) is 7.18. The van der Waals surface area contributed by atoms with Crippen LogP contribution in [0.5, 0.6) is 0 Å². The Labute approximate surface area is 121 Å². The van der Waals surface area contributed by atoms with Crippen molar-refractivity contribution < 1.29 is 4.74 Å². The Bertz CT molecular complexity index is 431. The Morgan fingerprint density at radius 1 is 1.40 bits per heavy atom. The predicted octanol–water partition coefficient (Wildman–Crippen LogP) is 1.78. The summed E-state index contributed by atoms with van der Waals surface area (Å²) in [6.45, 7) is 4.66. The van der Waals surface area contributed by atoms with Gasteiger partial charge in [0.2, 0.25) is 0 Å². The van der Waals surface area contributed by atoms with Crippen molar-refractivity contribution in [1.82, 2.24) is 15.2 Å². The van der Waals surface area contributed by atoms with Gasteiger partial charge in [-0.15, -0.1) is 0 Å². The molecule has 2 rings (SSSR count). The zero-order valence-corrected chi connectivity index (χ0v) is 13.1. The van der Waals surface area contributed by atoms with Gasteiger partial charge in [-0.1, -0.05) is 13.8 Å². The smallest absolute Gasteiger partial charge is 0.0848 e. The molecule has 0 aromatic carbocycles. The molecule has 1 heterocycles. The lowest BCUT2D eigenvalue weighted by Gasteiger charge is -2.46. The van der Waals surface area contributed by atoms with Crippen LogP contribution in [0.1, 0.15) is 45.2 Å². The minimum absolute atomic E-state index is 0.0958. The summed E-state index contributed by atoms with van der Waals surface area (Å²) in [5.41, 5.74) is 4.26. The van der Waals surface area contributed by atoms with E-state index in [1.807, 2.05) is 24.0 Å². The Kier molecular flexibility index (Phi) is 4.52. The molecule has 0 bridgehead atoms. The van der Waals surface area contributed by atoms with Crippen LogP contribution in [0.3, 0.4) is 0 Å². The number of hydrogen-bond donors (Lipinski definition) is 2. The van der Waals surface area contributed by atoms with Gasteiger partial charge in [0.25, 0.3) is 0 Å². The van der Waals surface area contributed by atoms with Gasteiger partial charge in [-0.05, 0) is 37.2 Å².